The fourth-order valence-corrected chi connectivity index (χ4v) is 2.90. The molecule has 78 valence electrons. The van der Waals surface area contributed by atoms with Crippen molar-refractivity contribution >= 4 is 40.0 Å². The number of hydrogen-bond acceptors (Lipinski definition) is 3. The van der Waals surface area contributed by atoms with Crippen LogP contribution in [0.4, 0.5) is 5.69 Å². The molecule has 0 aliphatic rings. The maximum atomic E-state index is 5.69. The third kappa shape index (κ3) is 2.66. The Morgan fingerprint density at radius 2 is 2.27 bits per heavy atom. The topological polar surface area (TPSA) is 43.8 Å². The van der Waals surface area contributed by atoms with Gasteiger partial charge in [0.05, 0.1) is 11.1 Å². The van der Waals surface area contributed by atoms with E-state index in [1.165, 1.54) is 8.47 Å². The van der Waals surface area contributed by atoms with Crippen molar-refractivity contribution in [3.8, 4) is 0 Å². The van der Waals surface area contributed by atoms with E-state index >= 15 is 0 Å². The lowest BCUT2D eigenvalue weighted by atomic mass is 10.3. The van der Waals surface area contributed by atoms with Gasteiger partial charge in [-0.3, -0.25) is 4.68 Å². The predicted octanol–water partition coefficient (Wildman–Crippen LogP) is 2.76. The first kappa shape index (κ1) is 10.8. The molecular weight excluding hydrogens is 321 g/mol. The Balaban J connectivity index is 2.24. The minimum absolute atomic E-state index is 0.801. The number of halogens is 1. The van der Waals surface area contributed by atoms with Crippen LogP contribution in [0, 0.1) is 3.57 Å². The second-order valence-electron chi connectivity index (χ2n) is 3.14. The Bertz CT molecular complexity index is 481. The van der Waals surface area contributed by atoms with Crippen LogP contribution in [-0.2, 0) is 7.05 Å². The minimum Gasteiger partial charge on any atom is -0.399 e. The Hall–Kier alpha value is -0.690. The number of rotatable bonds is 2. The number of anilines is 1. The van der Waals surface area contributed by atoms with Crippen LogP contribution in [0.3, 0.4) is 0 Å². The molecule has 0 radical (unpaired) electrons. The molecular formula is C10H10IN3S. The van der Waals surface area contributed by atoms with Crippen LogP contribution in [0.25, 0.3) is 0 Å². The van der Waals surface area contributed by atoms with E-state index in [-0.39, 0.29) is 0 Å². The summed E-state index contributed by atoms with van der Waals surface area (Å²) in [6, 6.07) is 5.93. The van der Waals surface area contributed by atoms with Crippen LogP contribution in [0.5, 0.6) is 0 Å². The fraction of sp³-hybridized carbons (Fsp3) is 0.100. The van der Waals surface area contributed by atoms with Crippen molar-refractivity contribution < 1.29 is 0 Å². The minimum atomic E-state index is 0.801. The SMILES string of the molecule is Cn1cc(Sc2ccc(N)cc2I)cn1. The lowest BCUT2D eigenvalue weighted by molar-refractivity contribution is 0.766. The van der Waals surface area contributed by atoms with Gasteiger partial charge in [-0.05, 0) is 40.8 Å². The van der Waals surface area contributed by atoms with Gasteiger partial charge in [-0.2, -0.15) is 5.10 Å². The molecule has 2 N–H and O–H groups in total. The zero-order valence-electron chi connectivity index (χ0n) is 8.14. The summed E-state index contributed by atoms with van der Waals surface area (Å²) in [5, 5.41) is 4.13. The van der Waals surface area contributed by atoms with E-state index in [1.54, 1.807) is 16.4 Å². The molecule has 1 aromatic carbocycles. The van der Waals surface area contributed by atoms with E-state index in [1.807, 2.05) is 37.6 Å². The molecule has 2 aromatic rings. The van der Waals surface area contributed by atoms with Gasteiger partial charge in [0.15, 0.2) is 0 Å². The monoisotopic (exact) mass is 331 g/mol. The predicted molar refractivity (Wildman–Crippen MR) is 70.9 cm³/mol. The van der Waals surface area contributed by atoms with Crippen LogP contribution in [0.1, 0.15) is 0 Å². The maximum Gasteiger partial charge on any atom is 0.0629 e. The zero-order chi connectivity index (χ0) is 10.8. The first-order valence-electron chi connectivity index (χ1n) is 4.36. The molecule has 5 heteroatoms. The largest absolute Gasteiger partial charge is 0.399 e. The van der Waals surface area contributed by atoms with Crippen LogP contribution < -0.4 is 5.73 Å². The van der Waals surface area contributed by atoms with Gasteiger partial charge in [0.2, 0.25) is 0 Å². The van der Waals surface area contributed by atoms with Crippen molar-refractivity contribution in [3.63, 3.8) is 0 Å². The van der Waals surface area contributed by atoms with E-state index < -0.39 is 0 Å². The van der Waals surface area contributed by atoms with Gasteiger partial charge >= 0.3 is 0 Å². The van der Waals surface area contributed by atoms with Crippen molar-refractivity contribution in [1.82, 2.24) is 9.78 Å². The van der Waals surface area contributed by atoms with Crippen molar-refractivity contribution in [2.45, 2.75) is 9.79 Å². The molecule has 0 aliphatic heterocycles. The van der Waals surface area contributed by atoms with E-state index in [0.717, 1.165) is 10.6 Å². The van der Waals surface area contributed by atoms with Crippen LogP contribution >= 0.6 is 34.4 Å². The smallest absolute Gasteiger partial charge is 0.0629 e. The van der Waals surface area contributed by atoms with Gasteiger partial charge in [0.1, 0.15) is 0 Å². The van der Waals surface area contributed by atoms with Crippen LogP contribution in [-0.4, -0.2) is 9.78 Å². The first-order valence-corrected chi connectivity index (χ1v) is 6.26. The highest BCUT2D eigenvalue weighted by molar-refractivity contribution is 14.1. The summed E-state index contributed by atoms with van der Waals surface area (Å²) in [7, 11) is 1.91. The summed E-state index contributed by atoms with van der Waals surface area (Å²) in [6.45, 7) is 0. The van der Waals surface area contributed by atoms with E-state index in [9.17, 15) is 0 Å². The molecule has 0 spiro atoms. The number of nitrogen functional groups attached to an aromatic ring is 1. The van der Waals surface area contributed by atoms with Gasteiger partial charge in [0.25, 0.3) is 0 Å². The number of aromatic nitrogens is 2. The third-order valence-electron chi connectivity index (χ3n) is 1.86. The standard InChI is InChI=1S/C10H10IN3S/c1-14-6-8(5-13-14)15-10-3-2-7(12)4-9(10)11/h2-6H,12H2,1H3. The van der Waals surface area contributed by atoms with Crippen molar-refractivity contribution in [3.05, 3.63) is 34.2 Å². The van der Waals surface area contributed by atoms with E-state index in [2.05, 4.69) is 27.7 Å². The number of hydrogen-bond donors (Lipinski definition) is 1. The number of nitrogens with two attached hydrogens (primary N) is 1. The Kier molecular flexibility index (Phi) is 3.20. The lowest BCUT2D eigenvalue weighted by Crippen LogP contribution is -1.86. The summed E-state index contributed by atoms with van der Waals surface area (Å²) >= 11 is 3.99. The highest BCUT2D eigenvalue weighted by Gasteiger charge is 2.03. The molecule has 0 amide bonds. The van der Waals surface area contributed by atoms with E-state index in [0.29, 0.717) is 0 Å². The average Bonchev–Trinajstić information content (AvgIpc) is 2.56. The number of benzene rings is 1. The summed E-state index contributed by atoms with van der Waals surface area (Å²) in [5.74, 6) is 0. The molecule has 0 fully saturated rings. The van der Waals surface area contributed by atoms with Gasteiger partial charge in [-0.1, -0.05) is 11.8 Å². The summed E-state index contributed by atoms with van der Waals surface area (Å²) in [4.78, 5) is 2.35. The molecule has 0 atom stereocenters. The lowest BCUT2D eigenvalue weighted by Gasteiger charge is -2.02. The second kappa shape index (κ2) is 4.44. The quantitative estimate of drug-likeness (QED) is 0.680. The third-order valence-corrected chi connectivity index (χ3v) is 4.15. The Morgan fingerprint density at radius 1 is 1.47 bits per heavy atom. The Labute approximate surface area is 106 Å². The molecule has 1 heterocycles. The highest BCUT2D eigenvalue weighted by Crippen LogP contribution is 2.31. The van der Waals surface area contributed by atoms with Crippen molar-refractivity contribution in [2.24, 2.45) is 7.05 Å². The molecule has 3 nitrogen and oxygen atoms in total. The zero-order valence-corrected chi connectivity index (χ0v) is 11.1. The Morgan fingerprint density at radius 3 is 2.87 bits per heavy atom. The van der Waals surface area contributed by atoms with Crippen LogP contribution in [0.2, 0.25) is 0 Å². The van der Waals surface area contributed by atoms with Crippen molar-refractivity contribution in [1.29, 1.82) is 0 Å². The molecule has 0 saturated carbocycles. The molecule has 0 aliphatic carbocycles. The van der Waals surface area contributed by atoms with Gasteiger partial charge in [-0.15, -0.1) is 0 Å². The fourth-order valence-electron chi connectivity index (χ4n) is 1.18. The number of aryl methyl sites for hydroxylation is 1. The van der Waals surface area contributed by atoms with Gasteiger partial charge in [-0.25, -0.2) is 0 Å². The molecule has 0 saturated heterocycles. The molecule has 0 unspecified atom stereocenters. The van der Waals surface area contributed by atoms with Crippen LogP contribution in [0.15, 0.2) is 40.4 Å². The maximum absolute atomic E-state index is 5.69. The average molecular weight is 331 g/mol. The molecule has 0 bridgehead atoms. The first-order chi connectivity index (χ1) is 7.15. The molecule has 1 aromatic heterocycles. The number of nitrogens with zero attached hydrogens (tertiary/aromatic N) is 2. The van der Waals surface area contributed by atoms with E-state index in [4.69, 9.17) is 5.73 Å². The summed E-state index contributed by atoms with van der Waals surface area (Å²) in [5.41, 5.74) is 6.50. The van der Waals surface area contributed by atoms with Gasteiger partial charge in [0, 0.05) is 27.4 Å². The molecule has 15 heavy (non-hydrogen) atoms. The normalized spacial score (nSPS) is 10.5. The highest BCUT2D eigenvalue weighted by atomic mass is 127. The summed E-state index contributed by atoms with van der Waals surface area (Å²) in [6.07, 6.45) is 3.86. The molecule has 2 rings (SSSR count). The summed E-state index contributed by atoms with van der Waals surface area (Å²) < 4.78 is 2.97. The van der Waals surface area contributed by atoms with Crippen molar-refractivity contribution in [2.75, 3.05) is 5.73 Å². The second-order valence-corrected chi connectivity index (χ2v) is 5.42. The van der Waals surface area contributed by atoms with Gasteiger partial charge < -0.3 is 5.73 Å².